The molecule has 20 heavy (non-hydrogen) atoms. The van der Waals surface area contributed by atoms with Gasteiger partial charge < -0.3 is 14.5 Å². The number of fused-ring (bicyclic) bond motifs is 1. The molecule has 1 heterocycles. The molecule has 1 amide bonds. The number of carbonyl (C=O) groups excluding carboxylic acids is 2. The van der Waals surface area contributed by atoms with Crippen LogP contribution in [0.25, 0.3) is 11.1 Å². The lowest BCUT2D eigenvalue weighted by Crippen LogP contribution is -2.12. The fourth-order valence-corrected chi connectivity index (χ4v) is 1.74. The van der Waals surface area contributed by atoms with Crippen molar-refractivity contribution in [3.05, 3.63) is 28.7 Å². The second-order valence-corrected chi connectivity index (χ2v) is 4.20. The predicted octanol–water partition coefficient (Wildman–Crippen LogP) is 1.40. The molecular weight excluding hydrogens is 264 g/mol. The van der Waals surface area contributed by atoms with Gasteiger partial charge in [0, 0.05) is 24.6 Å². The molecule has 2 N–H and O–H groups in total. The highest BCUT2D eigenvalue weighted by Gasteiger charge is 2.07. The Bertz CT molecular complexity index is 685. The SMILES string of the molecule is COC(=O)CCCC(=O)Nc1ccc2[nH]c(=O)oc2c1. The first-order chi connectivity index (χ1) is 9.58. The van der Waals surface area contributed by atoms with Crippen molar-refractivity contribution in [1.29, 1.82) is 0 Å². The fourth-order valence-electron chi connectivity index (χ4n) is 1.74. The van der Waals surface area contributed by atoms with Crippen molar-refractivity contribution in [2.24, 2.45) is 0 Å². The smallest absolute Gasteiger partial charge is 0.417 e. The second-order valence-electron chi connectivity index (χ2n) is 4.20. The number of carbonyl (C=O) groups is 2. The Balaban J connectivity index is 1.92. The highest BCUT2D eigenvalue weighted by Crippen LogP contribution is 2.16. The lowest BCUT2D eigenvalue weighted by molar-refractivity contribution is -0.140. The summed E-state index contributed by atoms with van der Waals surface area (Å²) in [7, 11) is 1.31. The van der Waals surface area contributed by atoms with Crippen molar-refractivity contribution in [3.63, 3.8) is 0 Å². The van der Waals surface area contributed by atoms with Gasteiger partial charge in [-0.1, -0.05) is 0 Å². The number of hydrogen-bond acceptors (Lipinski definition) is 5. The molecule has 0 aliphatic rings. The molecule has 0 atom stereocenters. The van der Waals surface area contributed by atoms with Gasteiger partial charge in [-0.25, -0.2) is 4.79 Å². The minimum Gasteiger partial charge on any atom is -0.469 e. The lowest BCUT2D eigenvalue weighted by atomic mass is 10.2. The predicted molar refractivity (Wildman–Crippen MR) is 71.3 cm³/mol. The summed E-state index contributed by atoms with van der Waals surface area (Å²) < 4.78 is 9.38. The van der Waals surface area contributed by atoms with E-state index in [2.05, 4.69) is 15.0 Å². The van der Waals surface area contributed by atoms with E-state index in [9.17, 15) is 14.4 Å². The number of amides is 1. The van der Waals surface area contributed by atoms with Gasteiger partial charge in [-0.15, -0.1) is 0 Å². The molecule has 0 radical (unpaired) electrons. The highest BCUT2D eigenvalue weighted by atomic mass is 16.5. The molecule has 0 saturated heterocycles. The number of anilines is 1. The van der Waals surface area contributed by atoms with Gasteiger partial charge in [0.1, 0.15) is 0 Å². The van der Waals surface area contributed by atoms with Crippen LogP contribution in [0.2, 0.25) is 0 Å². The zero-order valence-corrected chi connectivity index (χ0v) is 10.9. The third kappa shape index (κ3) is 3.47. The molecule has 0 aliphatic carbocycles. The zero-order chi connectivity index (χ0) is 14.5. The summed E-state index contributed by atoms with van der Waals surface area (Å²) in [5, 5.41) is 2.67. The van der Waals surface area contributed by atoms with E-state index in [1.807, 2.05) is 0 Å². The summed E-state index contributed by atoms with van der Waals surface area (Å²) in [6.07, 6.45) is 0.833. The van der Waals surface area contributed by atoms with Crippen LogP contribution in [0.1, 0.15) is 19.3 Å². The van der Waals surface area contributed by atoms with E-state index in [0.717, 1.165) is 0 Å². The van der Waals surface area contributed by atoms with E-state index in [1.165, 1.54) is 7.11 Å². The molecule has 2 rings (SSSR count). The minimum atomic E-state index is -0.540. The Kier molecular flexibility index (Phi) is 4.19. The molecule has 7 nitrogen and oxygen atoms in total. The third-order valence-electron chi connectivity index (χ3n) is 2.72. The topological polar surface area (TPSA) is 101 Å². The van der Waals surface area contributed by atoms with Crippen molar-refractivity contribution >= 4 is 28.7 Å². The molecule has 2 aromatic rings. The van der Waals surface area contributed by atoms with Crippen LogP contribution in [0.5, 0.6) is 0 Å². The molecule has 0 bridgehead atoms. The molecule has 0 aliphatic heterocycles. The van der Waals surface area contributed by atoms with Crippen LogP contribution in [0.3, 0.4) is 0 Å². The van der Waals surface area contributed by atoms with Crippen molar-refractivity contribution in [2.75, 3.05) is 12.4 Å². The maximum absolute atomic E-state index is 11.7. The van der Waals surface area contributed by atoms with E-state index < -0.39 is 5.76 Å². The van der Waals surface area contributed by atoms with Gasteiger partial charge in [-0.3, -0.25) is 14.6 Å². The number of oxazole rings is 1. The van der Waals surface area contributed by atoms with Gasteiger partial charge in [0.05, 0.1) is 12.6 Å². The third-order valence-corrected chi connectivity index (χ3v) is 2.72. The molecule has 0 saturated carbocycles. The Labute approximate surface area is 113 Å². The van der Waals surface area contributed by atoms with E-state index in [1.54, 1.807) is 18.2 Å². The zero-order valence-electron chi connectivity index (χ0n) is 10.9. The van der Waals surface area contributed by atoms with Gasteiger partial charge in [0.15, 0.2) is 5.58 Å². The van der Waals surface area contributed by atoms with E-state index >= 15 is 0 Å². The van der Waals surface area contributed by atoms with Gasteiger partial charge in [-0.05, 0) is 18.6 Å². The standard InChI is InChI=1S/C13H14N2O5/c1-19-12(17)4-2-3-11(16)14-8-5-6-9-10(7-8)20-13(18)15-9/h5-7H,2-4H2,1H3,(H,14,16)(H,15,18). The van der Waals surface area contributed by atoms with Crippen LogP contribution in [0.4, 0.5) is 5.69 Å². The molecule has 0 unspecified atom stereocenters. The summed E-state index contributed by atoms with van der Waals surface area (Å²) in [5.41, 5.74) is 1.48. The van der Waals surface area contributed by atoms with Gasteiger partial charge in [0.2, 0.25) is 5.91 Å². The summed E-state index contributed by atoms with van der Waals surface area (Å²) in [5.74, 6) is -1.10. The summed E-state index contributed by atoms with van der Waals surface area (Å²) in [6.45, 7) is 0. The van der Waals surface area contributed by atoms with Gasteiger partial charge >= 0.3 is 11.7 Å². The maximum Gasteiger partial charge on any atom is 0.417 e. The number of H-pyrrole nitrogens is 1. The lowest BCUT2D eigenvalue weighted by Gasteiger charge is -2.04. The first-order valence-corrected chi connectivity index (χ1v) is 6.08. The van der Waals surface area contributed by atoms with Crippen molar-refractivity contribution in [1.82, 2.24) is 4.98 Å². The number of benzene rings is 1. The van der Waals surface area contributed by atoms with Crippen LogP contribution in [0.15, 0.2) is 27.4 Å². The Hall–Kier alpha value is -2.57. The number of hydrogen-bond donors (Lipinski definition) is 2. The molecule has 0 spiro atoms. The first-order valence-electron chi connectivity index (χ1n) is 6.08. The van der Waals surface area contributed by atoms with Gasteiger partial charge in [0.25, 0.3) is 0 Å². The number of aromatic nitrogens is 1. The van der Waals surface area contributed by atoms with Crippen molar-refractivity contribution in [3.8, 4) is 0 Å². The summed E-state index contributed by atoms with van der Waals surface area (Å²) in [4.78, 5) is 36.1. The quantitative estimate of drug-likeness (QED) is 0.805. The van der Waals surface area contributed by atoms with E-state index in [0.29, 0.717) is 23.2 Å². The van der Waals surface area contributed by atoms with Crippen LogP contribution in [0, 0.1) is 0 Å². The molecule has 7 heteroatoms. The van der Waals surface area contributed by atoms with Crippen LogP contribution in [-0.2, 0) is 14.3 Å². The molecule has 106 valence electrons. The largest absolute Gasteiger partial charge is 0.469 e. The van der Waals surface area contributed by atoms with E-state index in [-0.39, 0.29) is 24.7 Å². The number of rotatable bonds is 5. The van der Waals surface area contributed by atoms with Gasteiger partial charge in [-0.2, -0.15) is 0 Å². The average Bonchev–Trinajstić information content (AvgIpc) is 2.77. The van der Waals surface area contributed by atoms with Crippen LogP contribution < -0.4 is 11.1 Å². The average molecular weight is 278 g/mol. The Morgan fingerprint density at radius 2 is 2.15 bits per heavy atom. The minimum absolute atomic E-state index is 0.204. The maximum atomic E-state index is 11.7. The monoisotopic (exact) mass is 278 g/mol. The number of nitrogens with one attached hydrogen (secondary N) is 2. The number of ether oxygens (including phenoxy) is 1. The first kappa shape index (κ1) is 13.9. The number of aromatic amines is 1. The number of esters is 1. The highest BCUT2D eigenvalue weighted by molar-refractivity contribution is 5.92. The normalized spacial score (nSPS) is 10.4. The molecule has 0 fully saturated rings. The Morgan fingerprint density at radius 1 is 1.35 bits per heavy atom. The van der Waals surface area contributed by atoms with Crippen LogP contribution >= 0.6 is 0 Å². The van der Waals surface area contributed by atoms with Crippen LogP contribution in [-0.4, -0.2) is 24.0 Å². The fraction of sp³-hybridized carbons (Fsp3) is 0.308. The van der Waals surface area contributed by atoms with Crippen molar-refractivity contribution < 1.29 is 18.7 Å². The summed E-state index contributed by atoms with van der Waals surface area (Å²) in [6, 6.07) is 4.86. The molecule has 1 aromatic carbocycles. The Morgan fingerprint density at radius 3 is 2.90 bits per heavy atom. The second kappa shape index (κ2) is 6.05. The van der Waals surface area contributed by atoms with E-state index in [4.69, 9.17) is 4.42 Å². The number of methoxy groups -OCH3 is 1. The molecular formula is C13H14N2O5. The molecule has 1 aromatic heterocycles. The van der Waals surface area contributed by atoms with Crippen molar-refractivity contribution in [2.45, 2.75) is 19.3 Å². The summed E-state index contributed by atoms with van der Waals surface area (Å²) >= 11 is 0.